The van der Waals surface area contributed by atoms with Gasteiger partial charge in [0, 0.05) is 11.5 Å². The molecule has 2 nitrogen and oxygen atoms in total. The number of ether oxygens (including phenoxy) is 1. The van der Waals surface area contributed by atoms with Gasteiger partial charge in [0.25, 0.3) is 0 Å². The summed E-state index contributed by atoms with van der Waals surface area (Å²) in [4.78, 5) is 0. The third-order valence-electron chi connectivity index (χ3n) is 2.11. The van der Waals surface area contributed by atoms with Crippen molar-refractivity contribution in [1.29, 1.82) is 0 Å². The Kier molecular flexibility index (Phi) is 1.65. The molecule has 0 bridgehead atoms. The SMILES string of the molecule is CC1COc2ccc(Cl)c(O)c21. The summed E-state index contributed by atoms with van der Waals surface area (Å²) >= 11 is 5.75. The highest BCUT2D eigenvalue weighted by atomic mass is 35.5. The van der Waals surface area contributed by atoms with Crippen LogP contribution < -0.4 is 4.74 Å². The molecule has 0 saturated heterocycles. The van der Waals surface area contributed by atoms with Crippen molar-refractivity contribution in [2.45, 2.75) is 12.8 Å². The minimum absolute atomic E-state index is 0.166. The largest absolute Gasteiger partial charge is 0.506 e. The van der Waals surface area contributed by atoms with E-state index in [1.165, 1.54) is 0 Å². The van der Waals surface area contributed by atoms with Crippen molar-refractivity contribution in [1.82, 2.24) is 0 Å². The first kappa shape index (κ1) is 7.74. The maximum Gasteiger partial charge on any atom is 0.141 e. The molecule has 12 heavy (non-hydrogen) atoms. The third kappa shape index (κ3) is 0.950. The monoisotopic (exact) mass is 184 g/mol. The van der Waals surface area contributed by atoms with Gasteiger partial charge >= 0.3 is 0 Å². The standard InChI is InChI=1S/C9H9ClO2/c1-5-4-12-7-3-2-6(10)9(11)8(5)7/h2-3,5,11H,4H2,1H3. The average Bonchev–Trinajstić information content (AvgIpc) is 2.41. The van der Waals surface area contributed by atoms with Crippen LogP contribution in [0, 0.1) is 0 Å². The van der Waals surface area contributed by atoms with Gasteiger partial charge in [0.1, 0.15) is 11.5 Å². The highest BCUT2D eigenvalue weighted by molar-refractivity contribution is 6.32. The zero-order chi connectivity index (χ0) is 8.72. The molecule has 0 aromatic heterocycles. The molecule has 1 unspecified atom stereocenters. The Bertz CT molecular complexity index is 323. The minimum atomic E-state index is 0.166. The zero-order valence-corrected chi connectivity index (χ0v) is 7.43. The molecule has 64 valence electrons. The number of phenols is 1. The molecule has 1 aromatic carbocycles. The fourth-order valence-electron chi connectivity index (χ4n) is 1.46. The van der Waals surface area contributed by atoms with Gasteiger partial charge in [0.2, 0.25) is 0 Å². The highest BCUT2D eigenvalue weighted by Gasteiger charge is 2.24. The van der Waals surface area contributed by atoms with Gasteiger partial charge < -0.3 is 9.84 Å². The predicted molar refractivity (Wildman–Crippen MR) is 47.0 cm³/mol. The molecule has 1 N–H and O–H groups in total. The number of benzene rings is 1. The lowest BCUT2D eigenvalue weighted by Crippen LogP contribution is -1.93. The number of fused-ring (bicyclic) bond motifs is 1. The summed E-state index contributed by atoms with van der Waals surface area (Å²) in [5, 5.41) is 9.97. The summed E-state index contributed by atoms with van der Waals surface area (Å²) in [6.07, 6.45) is 0. The number of halogens is 1. The Morgan fingerprint density at radius 1 is 1.58 bits per heavy atom. The quantitative estimate of drug-likeness (QED) is 0.672. The first-order valence-corrected chi connectivity index (χ1v) is 4.22. The summed E-state index contributed by atoms with van der Waals surface area (Å²) in [7, 11) is 0. The zero-order valence-electron chi connectivity index (χ0n) is 6.67. The maximum atomic E-state index is 9.58. The van der Waals surface area contributed by atoms with Gasteiger partial charge in [-0.25, -0.2) is 0 Å². The van der Waals surface area contributed by atoms with Crippen LogP contribution in [-0.4, -0.2) is 11.7 Å². The Balaban J connectivity index is 2.63. The van der Waals surface area contributed by atoms with Crippen molar-refractivity contribution >= 4 is 11.6 Å². The molecule has 0 spiro atoms. The van der Waals surface area contributed by atoms with Gasteiger partial charge in [0.05, 0.1) is 11.6 Å². The van der Waals surface area contributed by atoms with E-state index in [4.69, 9.17) is 16.3 Å². The van der Waals surface area contributed by atoms with Crippen molar-refractivity contribution in [3.05, 3.63) is 22.7 Å². The highest BCUT2D eigenvalue weighted by Crippen LogP contribution is 2.43. The van der Waals surface area contributed by atoms with Crippen LogP contribution in [0.1, 0.15) is 18.4 Å². The molecule has 0 amide bonds. The molecule has 1 aromatic rings. The number of hydrogen-bond donors (Lipinski definition) is 1. The minimum Gasteiger partial charge on any atom is -0.506 e. The average molecular weight is 185 g/mol. The van der Waals surface area contributed by atoms with Crippen molar-refractivity contribution < 1.29 is 9.84 Å². The van der Waals surface area contributed by atoms with Gasteiger partial charge in [0.15, 0.2) is 0 Å². The molecule has 0 radical (unpaired) electrons. The first-order valence-electron chi connectivity index (χ1n) is 3.84. The summed E-state index contributed by atoms with van der Waals surface area (Å²) in [5.74, 6) is 1.15. The molecule has 2 rings (SSSR count). The summed E-state index contributed by atoms with van der Waals surface area (Å²) in [6.45, 7) is 2.63. The van der Waals surface area contributed by atoms with E-state index in [1.807, 2.05) is 6.92 Å². The molecule has 0 fully saturated rings. The normalized spacial score (nSPS) is 20.3. The van der Waals surface area contributed by atoms with Gasteiger partial charge in [-0.3, -0.25) is 0 Å². The van der Waals surface area contributed by atoms with Crippen molar-refractivity contribution in [3.63, 3.8) is 0 Å². The van der Waals surface area contributed by atoms with Gasteiger partial charge in [-0.2, -0.15) is 0 Å². The van der Waals surface area contributed by atoms with Crippen LogP contribution in [0.5, 0.6) is 11.5 Å². The Labute approximate surface area is 75.7 Å². The van der Waals surface area contributed by atoms with E-state index in [0.29, 0.717) is 11.6 Å². The van der Waals surface area contributed by atoms with Crippen LogP contribution in [0.2, 0.25) is 5.02 Å². The fraction of sp³-hybridized carbons (Fsp3) is 0.333. The number of aromatic hydroxyl groups is 1. The Hall–Kier alpha value is -0.890. The first-order chi connectivity index (χ1) is 5.70. The fourth-order valence-corrected chi connectivity index (χ4v) is 1.63. The molecule has 1 aliphatic heterocycles. The summed E-state index contributed by atoms with van der Waals surface area (Å²) < 4.78 is 5.33. The Morgan fingerprint density at radius 3 is 3.08 bits per heavy atom. The van der Waals surface area contributed by atoms with Crippen LogP contribution >= 0.6 is 11.6 Å². The van der Waals surface area contributed by atoms with E-state index in [0.717, 1.165) is 11.3 Å². The molecular weight excluding hydrogens is 176 g/mol. The van der Waals surface area contributed by atoms with E-state index in [-0.39, 0.29) is 11.7 Å². The van der Waals surface area contributed by atoms with Crippen molar-refractivity contribution in [3.8, 4) is 11.5 Å². The van der Waals surface area contributed by atoms with Crippen LogP contribution in [-0.2, 0) is 0 Å². The Morgan fingerprint density at radius 2 is 2.33 bits per heavy atom. The maximum absolute atomic E-state index is 9.58. The molecule has 0 saturated carbocycles. The predicted octanol–water partition coefficient (Wildman–Crippen LogP) is 2.54. The summed E-state index contributed by atoms with van der Waals surface area (Å²) in [5.41, 5.74) is 0.836. The number of rotatable bonds is 0. The lowest BCUT2D eigenvalue weighted by Gasteiger charge is -2.04. The van der Waals surface area contributed by atoms with Gasteiger partial charge in [-0.05, 0) is 12.1 Å². The molecule has 1 heterocycles. The number of phenolic OH excluding ortho intramolecular Hbond substituents is 1. The van der Waals surface area contributed by atoms with Crippen molar-refractivity contribution in [2.24, 2.45) is 0 Å². The second-order valence-electron chi connectivity index (χ2n) is 3.02. The van der Waals surface area contributed by atoms with Crippen molar-refractivity contribution in [2.75, 3.05) is 6.61 Å². The smallest absolute Gasteiger partial charge is 0.141 e. The molecule has 1 aliphatic rings. The molecular formula is C9H9ClO2. The second kappa shape index (κ2) is 2.56. The molecule has 1 atom stereocenters. The molecule has 3 heteroatoms. The second-order valence-corrected chi connectivity index (χ2v) is 3.43. The van der Waals surface area contributed by atoms with Crippen LogP contribution in [0.15, 0.2) is 12.1 Å². The van der Waals surface area contributed by atoms with Crippen LogP contribution in [0.4, 0.5) is 0 Å². The topological polar surface area (TPSA) is 29.5 Å². The van der Waals surface area contributed by atoms with E-state index < -0.39 is 0 Å². The van der Waals surface area contributed by atoms with Gasteiger partial charge in [-0.15, -0.1) is 0 Å². The molecule has 0 aliphatic carbocycles. The van der Waals surface area contributed by atoms with E-state index in [1.54, 1.807) is 12.1 Å². The van der Waals surface area contributed by atoms with Crippen LogP contribution in [0.3, 0.4) is 0 Å². The van der Waals surface area contributed by atoms with E-state index in [2.05, 4.69) is 0 Å². The van der Waals surface area contributed by atoms with E-state index in [9.17, 15) is 5.11 Å². The third-order valence-corrected chi connectivity index (χ3v) is 2.41. The van der Waals surface area contributed by atoms with Gasteiger partial charge in [-0.1, -0.05) is 18.5 Å². The lowest BCUT2D eigenvalue weighted by molar-refractivity contribution is 0.337. The summed E-state index contributed by atoms with van der Waals surface area (Å²) in [6, 6.07) is 3.44. The number of hydrogen-bond acceptors (Lipinski definition) is 2. The lowest BCUT2D eigenvalue weighted by atomic mass is 10.0. The van der Waals surface area contributed by atoms with E-state index >= 15 is 0 Å². The van der Waals surface area contributed by atoms with Crippen LogP contribution in [0.25, 0.3) is 0 Å².